The fourth-order valence-electron chi connectivity index (χ4n) is 9.45. The highest BCUT2D eigenvalue weighted by atomic mass is 16.5. The van der Waals surface area contributed by atoms with Crippen LogP contribution in [0, 0.1) is 17.8 Å². The Labute approximate surface area is 401 Å². The van der Waals surface area contributed by atoms with E-state index in [2.05, 4.69) is 71.0 Å². The lowest BCUT2D eigenvalue weighted by Gasteiger charge is -2.17. The van der Waals surface area contributed by atoms with Gasteiger partial charge in [-0.15, -0.1) is 0 Å². The lowest BCUT2D eigenvalue weighted by atomic mass is 9.89. The quantitative estimate of drug-likeness (QED) is 0.0346. The van der Waals surface area contributed by atoms with Gasteiger partial charge in [0.1, 0.15) is 13.2 Å². The van der Waals surface area contributed by atoms with E-state index in [0.717, 1.165) is 56.3 Å². The zero-order chi connectivity index (χ0) is 46.8. The first-order valence-corrected chi connectivity index (χ1v) is 28.6. The van der Waals surface area contributed by atoms with Crippen molar-refractivity contribution in [2.24, 2.45) is 17.8 Å². The molecule has 0 saturated carbocycles. The van der Waals surface area contributed by atoms with Crippen molar-refractivity contribution in [2.75, 3.05) is 33.9 Å². The molecule has 0 saturated heterocycles. The van der Waals surface area contributed by atoms with E-state index in [9.17, 15) is 9.59 Å². The number of hydrogen-bond donors (Lipinski definition) is 0. The van der Waals surface area contributed by atoms with Gasteiger partial charge in [-0.1, -0.05) is 270 Å². The normalized spacial score (nSPS) is 12.1. The zero-order valence-electron chi connectivity index (χ0n) is 44.2. The molecule has 0 fully saturated rings. The third-order valence-corrected chi connectivity index (χ3v) is 13.8. The van der Waals surface area contributed by atoms with Gasteiger partial charge in [0.25, 0.3) is 0 Å². The van der Waals surface area contributed by atoms with Crippen LogP contribution in [-0.2, 0) is 19.1 Å². The number of carbonyl (C=O) groups excluding carboxylic acids is 2. The first-order valence-electron chi connectivity index (χ1n) is 28.6. The van der Waals surface area contributed by atoms with E-state index in [0.29, 0.717) is 26.1 Å². The van der Waals surface area contributed by atoms with E-state index in [-0.39, 0.29) is 11.9 Å². The lowest BCUT2D eigenvalue weighted by molar-refractivity contribution is -0.143. The number of esters is 2. The molecule has 0 aliphatic heterocycles. The minimum Gasteiger partial charge on any atom is -0.461 e. The summed E-state index contributed by atoms with van der Waals surface area (Å²) in [6.45, 7) is 11.2. The van der Waals surface area contributed by atoms with Crippen molar-refractivity contribution < 1.29 is 19.1 Å². The van der Waals surface area contributed by atoms with Crippen LogP contribution in [-0.4, -0.2) is 50.7 Å². The number of hydrogen-bond acceptors (Lipinski definition) is 5. The molecule has 0 bridgehead atoms. The summed E-state index contributed by atoms with van der Waals surface area (Å²) in [5.74, 6) is 2.34. The molecule has 0 aromatic heterocycles. The second-order valence-corrected chi connectivity index (χ2v) is 20.4. The molecule has 0 unspecified atom stereocenters. The van der Waals surface area contributed by atoms with E-state index in [1.165, 1.54) is 218 Å². The Bertz CT molecular complexity index is 928. The zero-order valence-corrected chi connectivity index (χ0v) is 44.2. The SMILES string of the molecule is CCCCCCC(C/C=C\COC(=O)CCCCCCCC(CCCCCCCC(=O)OC/C=C\CC(CCCCCC)CCCCCC)CCCCCCN(C)C)CCCCCC. The Kier molecular flexibility index (Phi) is 49.5. The van der Waals surface area contributed by atoms with E-state index in [1.54, 1.807) is 0 Å². The van der Waals surface area contributed by atoms with Gasteiger partial charge in [0.05, 0.1) is 0 Å². The van der Waals surface area contributed by atoms with E-state index < -0.39 is 0 Å². The van der Waals surface area contributed by atoms with Crippen molar-refractivity contribution in [2.45, 2.75) is 291 Å². The molecule has 0 heterocycles. The van der Waals surface area contributed by atoms with Gasteiger partial charge in [-0.25, -0.2) is 0 Å². The Balaban J connectivity index is 4.33. The summed E-state index contributed by atoms with van der Waals surface area (Å²) in [5, 5.41) is 0. The van der Waals surface area contributed by atoms with Crippen molar-refractivity contribution in [3.63, 3.8) is 0 Å². The highest BCUT2D eigenvalue weighted by Crippen LogP contribution is 2.26. The Morgan fingerprint density at radius 3 is 0.969 bits per heavy atom. The van der Waals surface area contributed by atoms with Gasteiger partial charge in [0.2, 0.25) is 0 Å². The minimum absolute atomic E-state index is 0.0334. The number of unbranched alkanes of at least 4 members (excludes halogenated alkanes) is 23. The number of nitrogens with zero attached hydrogens (tertiary/aromatic N) is 1. The number of ether oxygens (including phenoxy) is 2. The molecule has 0 aliphatic rings. The largest absolute Gasteiger partial charge is 0.461 e. The van der Waals surface area contributed by atoms with Crippen LogP contribution in [0.4, 0.5) is 0 Å². The van der Waals surface area contributed by atoms with Crippen molar-refractivity contribution >= 4 is 11.9 Å². The first-order chi connectivity index (χ1) is 31.4. The maximum Gasteiger partial charge on any atom is 0.306 e. The predicted molar refractivity (Wildman–Crippen MR) is 281 cm³/mol. The van der Waals surface area contributed by atoms with Crippen molar-refractivity contribution in [3.05, 3.63) is 24.3 Å². The fraction of sp³-hybridized carbons (Fsp3) is 0.898. The Morgan fingerprint density at radius 2 is 0.641 bits per heavy atom. The summed E-state index contributed by atoms with van der Waals surface area (Å²) in [4.78, 5) is 27.1. The van der Waals surface area contributed by atoms with Crippen LogP contribution < -0.4 is 0 Å². The summed E-state index contributed by atoms with van der Waals surface area (Å²) >= 11 is 0. The molecular formula is C59H113NO4. The second kappa shape index (κ2) is 50.8. The van der Waals surface area contributed by atoms with Crippen molar-refractivity contribution in [1.29, 1.82) is 0 Å². The van der Waals surface area contributed by atoms with E-state index in [4.69, 9.17) is 9.47 Å². The summed E-state index contributed by atoms with van der Waals surface area (Å²) in [6.07, 6.45) is 60.2. The molecule has 0 aromatic rings. The maximum absolute atomic E-state index is 12.4. The first kappa shape index (κ1) is 62.4. The van der Waals surface area contributed by atoms with Crippen molar-refractivity contribution in [1.82, 2.24) is 4.90 Å². The van der Waals surface area contributed by atoms with Crippen LogP contribution in [0.25, 0.3) is 0 Å². The maximum atomic E-state index is 12.4. The molecule has 0 rings (SSSR count). The smallest absolute Gasteiger partial charge is 0.306 e. The lowest BCUT2D eigenvalue weighted by Crippen LogP contribution is -2.12. The van der Waals surface area contributed by atoms with Crippen LogP contribution in [0.3, 0.4) is 0 Å². The average molecular weight is 901 g/mol. The molecule has 0 aliphatic carbocycles. The van der Waals surface area contributed by atoms with Gasteiger partial charge in [-0.2, -0.15) is 0 Å². The van der Waals surface area contributed by atoms with E-state index >= 15 is 0 Å². The van der Waals surface area contributed by atoms with Crippen LogP contribution in [0.5, 0.6) is 0 Å². The number of carbonyl (C=O) groups is 2. The van der Waals surface area contributed by atoms with Gasteiger partial charge in [-0.3, -0.25) is 9.59 Å². The molecule has 64 heavy (non-hydrogen) atoms. The molecular weight excluding hydrogens is 787 g/mol. The third-order valence-electron chi connectivity index (χ3n) is 13.8. The van der Waals surface area contributed by atoms with E-state index in [1.807, 2.05) is 0 Å². The molecule has 0 aromatic carbocycles. The summed E-state index contributed by atoms with van der Waals surface area (Å²) < 4.78 is 11.1. The predicted octanol–water partition coefficient (Wildman–Crippen LogP) is 18.7. The second-order valence-electron chi connectivity index (χ2n) is 20.4. The molecule has 0 N–H and O–H groups in total. The molecule has 5 heteroatoms. The van der Waals surface area contributed by atoms with Gasteiger partial charge < -0.3 is 14.4 Å². The average Bonchev–Trinajstić information content (AvgIpc) is 3.28. The topological polar surface area (TPSA) is 55.8 Å². The van der Waals surface area contributed by atoms with Gasteiger partial charge in [0.15, 0.2) is 0 Å². The molecule has 0 atom stereocenters. The van der Waals surface area contributed by atoms with Gasteiger partial charge >= 0.3 is 11.9 Å². The van der Waals surface area contributed by atoms with Crippen LogP contribution in [0.2, 0.25) is 0 Å². The summed E-state index contributed by atoms with van der Waals surface area (Å²) in [5.41, 5.74) is 0. The molecule has 5 nitrogen and oxygen atoms in total. The molecule has 378 valence electrons. The Hall–Kier alpha value is -1.62. The third kappa shape index (κ3) is 46.9. The van der Waals surface area contributed by atoms with Crippen LogP contribution >= 0.6 is 0 Å². The monoisotopic (exact) mass is 900 g/mol. The molecule has 0 radical (unpaired) electrons. The van der Waals surface area contributed by atoms with Gasteiger partial charge in [0, 0.05) is 12.8 Å². The summed E-state index contributed by atoms with van der Waals surface area (Å²) in [7, 11) is 4.35. The summed E-state index contributed by atoms with van der Waals surface area (Å²) in [6, 6.07) is 0. The molecule has 0 spiro atoms. The molecule has 0 amide bonds. The fourth-order valence-corrected chi connectivity index (χ4v) is 9.45. The highest BCUT2D eigenvalue weighted by Gasteiger charge is 2.11. The van der Waals surface area contributed by atoms with Gasteiger partial charge in [-0.05, 0) is 70.5 Å². The number of rotatable bonds is 51. The standard InChI is InChI=1S/C59H113NO4/c1-7-11-15-27-41-56(42-28-16-12-8-2)48-36-39-53-63-58(61)50-34-23-19-21-31-45-55(47-33-25-26-38-52-60(5)6)46-32-22-20-24-35-51-59(62)64-54-40-37-49-57(43-29-17-13-9-3)44-30-18-14-10-4/h36-37,39-40,55-57H,7-35,38,41-54H2,1-6H3/b39-36-,40-37-. The van der Waals surface area contributed by atoms with Crippen LogP contribution in [0.15, 0.2) is 24.3 Å². The Morgan fingerprint density at radius 1 is 0.359 bits per heavy atom. The van der Waals surface area contributed by atoms with Crippen molar-refractivity contribution in [3.8, 4) is 0 Å². The minimum atomic E-state index is -0.0334. The highest BCUT2D eigenvalue weighted by molar-refractivity contribution is 5.69. The number of allylic oxidation sites excluding steroid dienone is 2. The van der Waals surface area contributed by atoms with Crippen LogP contribution in [0.1, 0.15) is 291 Å².